The van der Waals surface area contributed by atoms with Gasteiger partial charge in [0.2, 0.25) is 11.7 Å². The zero-order valence-electron chi connectivity index (χ0n) is 16.9. The molecule has 3 aromatic rings. The van der Waals surface area contributed by atoms with Crippen molar-refractivity contribution in [3.8, 4) is 17.1 Å². The van der Waals surface area contributed by atoms with Crippen LogP contribution in [0, 0.1) is 16.0 Å². The lowest BCUT2D eigenvalue weighted by Crippen LogP contribution is -2.32. The average molecular weight is 410 g/mol. The van der Waals surface area contributed by atoms with Gasteiger partial charge < -0.3 is 14.6 Å². The highest BCUT2D eigenvalue weighted by molar-refractivity contribution is 5.94. The van der Waals surface area contributed by atoms with E-state index in [1.165, 1.54) is 12.1 Å². The molecule has 9 heteroatoms. The van der Waals surface area contributed by atoms with Crippen molar-refractivity contribution in [2.75, 3.05) is 7.11 Å². The predicted octanol–water partition coefficient (Wildman–Crippen LogP) is 4.17. The number of carbonyl (C=O) groups excluding carboxylic acids is 1. The van der Waals surface area contributed by atoms with Crippen LogP contribution in [-0.4, -0.2) is 28.1 Å². The molecule has 0 aliphatic heterocycles. The SMILES string of the molecule is CC[C@@H](C)[C@@H](NC(=O)c1ccc(OC)cc1)c1nc(-c2ccc([N+](=O)[O-])cc2)no1. The van der Waals surface area contributed by atoms with Gasteiger partial charge in [0, 0.05) is 23.3 Å². The van der Waals surface area contributed by atoms with Gasteiger partial charge in [-0.05, 0) is 42.3 Å². The lowest BCUT2D eigenvalue weighted by atomic mass is 9.98. The highest BCUT2D eigenvalue weighted by atomic mass is 16.6. The molecule has 3 rings (SSSR count). The number of ether oxygens (including phenoxy) is 1. The van der Waals surface area contributed by atoms with E-state index in [4.69, 9.17) is 9.26 Å². The van der Waals surface area contributed by atoms with E-state index in [-0.39, 0.29) is 23.4 Å². The molecule has 156 valence electrons. The van der Waals surface area contributed by atoms with E-state index in [0.717, 1.165) is 6.42 Å². The van der Waals surface area contributed by atoms with Crippen LogP contribution in [-0.2, 0) is 0 Å². The number of amides is 1. The van der Waals surface area contributed by atoms with Crippen molar-refractivity contribution in [2.24, 2.45) is 5.92 Å². The number of rotatable bonds is 8. The molecule has 1 aromatic heterocycles. The fraction of sp³-hybridized carbons (Fsp3) is 0.286. The lowest BCUT2D eigenvalue weighted by molar-refractivity contribution is -0.384. The van der Waals surface area contributed by atoms with Crippen molar-refractivity contribution in [1.29, 1.82) is 0 Å². The van der Waals surface area contributed by atoms with Gasteiger partial charge in [-0.2, -0.15) is 4.98 Å². The van der Waals surface area contributed by atoms with Crippen molar-refractivity contribution < 1.29 is 19.0 Å². The first kappa shape index (κ1) is 21.0. The maximum Gasteiger partial charge on any atom is 0.269 e. The van der Waals surface area contributed by atoms with Gasteiger partial charge in [-0.15, -0.1) is 0 Å². The molecule has 2 atom stereocenters. The standard InChI is InChI=1S/C21H22N4O5/c1-4-13(2)18(22-20(26)15-7-11-17(29-3)12-8-15)21-23-19(24-30-21)14-5-9-16(10-6-14)25(27)28/h5-13,18H,4H2,1-3H3,(H,22,26)/t13-,18-/m1/s1. The number of benzene rings is 2. The first-order valence-corrected chi connectivity index (χ1v) is 9.46. The smallest absolute Gasteiger partial charge is 0.269 e. The summed E-state index contributed by atoms with van der Waals surface area (Å²) in [5.74, 6) is 1.01. The number of nitrogens with zero attached hydrogens (tertiary/aromatic N) is 3. The zero-order valence-corrected chi connectivity index (χ0v) is 16.9. The van der Waals surface area contributed by atoms with Crippen molar-refractivity contribution in [3.63, 3.8) is 0 Å². The normalized spacial score (nSPS) is 12.8. The summed E-state index contributed by atoms with van der Waals surface area (Å²) in [6.45, 7) is 3.99. The van der Waals surface area contributed by atoms with Crippen molar-refractivity contribution in [2.45, 2.75) is 26.3 Å². The molecular weight excluding hydrogens is 388 g/mol. The minimum Gasteiger partial charge on any atom is -0.497 e. The summed E-state index contributed by atoms with van der Waals surface area (Å²) in [5.41, 5.74) is 1.05. The van der Waals surface area contributed by atoms with Gasteiger partial charge in [0.25, 0.3) is 11.6 Å². The second kappa shape index (κ2) is 9.17. The number of carbonyl (C=O) groups is 1. The molecular formula is C21H22N4O5. The van der Waals surface area contributed by atoms with Gasteiger partial charge in [-0.3, -0.25) is 14.9 Å². The molecule has 1 amide bonds. The Morgan fingerprint density at radius 1 is 1.20 bits per heavy atom. The van der Waals surface area contributed by atoms with Crippen LogP contribution in [0.2, 0.25) is 0 Å². The van der Waals surface area contributed by atoms with Crippen LogP contribution in [0.1, 0.15) is 42.6 Å². The quantitative estimate of drug-likeness (QED) is 0.437. The highest BCUT2D eigenvalue weighted by Crippen LogP contribution is 2.27. The minimum absolute atomic E-state index is 0.0216. The third kappa shape index (κ3) is 4.62. The van der Waals surface area contributed by atoms with E-state index in [0.29, 0.717) is 22.7 Å². The van der Waals surface area contributed by atoms with Crippen molar-refractivity contribution in [1.82, 2.24) is 15.5 Å². The number of nitro groups is 1. The van der Waals surface area contributed by atoms with Gasteiger partial charge in [-0.25, -0.2) is 0 Å². The summed E-state index contributed by atoms with van der Waals surface area (Å²) in [5, 5.41) is 17.8. The second-order valence-electron chi connectivity index (χ2n) is 6.83. The Kier molecular flexibility index (Phi) is 6.41. The van der Waals surface area contributed by atoms with Crippen molar-refractivity contribution in [3.05, 3.63) is 70.1 Å². The fourth-order valence-corrected chi connectivity index (χ4v) is 2.86. The lowest BCUT2D eigenvalue weighted by Gasteiger charge is -2.20. The molecule has 0 unspecified atom stereocenters. The molecule has 0 aliphatic carbocycles. The predicted molar refractivity (Wildman–Crippen MR) is 109 cm³/mol. The molecule has 0 radical (unpaired) electrons. The van der Waals surface area contributed by atoms with Crippen LogP contribution in [0.3, 0.4) is 0 Å². The second-order valence-corrected chi connectivity index (χ2v) is 6.83. The van der Waals surface area contributed by atoms with E-state index in [1.807, 2.05) is 13.8 Å². The summed E-state index contributed by atoms with van der Waals surface area (Å²) in [4.78, 5) is 27.5. The number of hydrogen-bond donors (Lipinski definition) is 1. The third-order valence-corrected chi connectivity index (χ3v) is 4.90. The summed E-state index contributed by atoms with van der Waals surface area (Å²) in [7, 11) is 1.56. The van der Waals surface area contributed by atoms with Gasteiger partial charge in [-0.1, -0.05) is 25.4 Å². The van der Waals surface area contributed by atoms with Crippen LogP contribution in [0.15, 0.2) is 53.1 Å². The van der Waals surface area contributed by atoms with Crippen LogP contribution < -0.4 is 10.1 Å². The van der Waals surface area contributed by atoms with Crippen molar-refractivity contribution >= 4 is 11.6 Å². The molecule has 1 heterocycles. The molecule has 0 fully saturated rings. The summed E-state index contributed by atoms with van der Waals surface area (Å²) >= 11 is 0. The van der Waals surface area contributed by atoms with Gasteiger partial charge >= 0.3 is 0 Å². The largest absolute Gasteiger partial charge is 0.497 e. The van der Waals surface area contributed by atoms with Crippen LogP contribution >= 0.6 is 0 Å². The van der Waals surface area contributed by atoms with Gasteiger partial charge in [0.1, 0.15) is 11.8 Å². The summed E-state index contributed by atoms with van der Waals surface area (Å²) in [6.07, 6.45) is 0.781. The zero-order chi connectivity index (χ0) is 21.7. The number of methoxy groups -OCH3 is 1. The number of nitro benzene ring substituents is 1. The van der Waals surface area contributed by atoms with E-state index in [1.54, 1.807) is 43.5 Å². The van der Waals surface area contributed by atoms with Gasteiger partial charge in [0.15, 0.2) is 0 Å². The molecule has 0 aliphatic rings. The average Bonchev–Trinajstić information content (AvgIpc) is 3.26. The summed E-state index contributed by atoms with van der Waals surface area (Å²) in [6, 6.07) is 12.2. The summed E-state index contributed by atoms with van der Waals surface area (Å²) < 4.78 is 10.5. The van der Waals surface area contributed by atoms with Crippen LogP contribution in [0.25, 0.3) is 11.4 Å². The molecule has 0 bridgehead atoms. The van der Waals surface area contributed by atoms with E-state index in [9.17, 15) is 14.9 Å². The molecule has 0 saturated heterocycles. The third-order valence-electron chi connectivity index (χ3n) is 4.90. The topological polar surface area (TPSA) is 120 Å². The fourth-order valence-electron chi connectivity index (χ4n) is 2.86. The van der Waals surface area contributed by atoms with Crippen LogP contribution in [0.4, 0.5) is 5.69 Å². The minimum atomic E-state index is -0.482. The number of non-ortho nitro benzene ring substituents is 1. The number of hydrogen-bond acceptors (Lipinski definition) is 7. The Morgan fingerprint density at radius 3 is 2.43 bits per heavy atom. The molecule has 9 nitrogen and oxygen atoms in total. The molecule has 30 heavy (non-hydrogen) atoms. The Labute approximate surface area is 173 Å². The monoisotopic (exact) mass is 410 g/mol. The first-order valence-electron chi connectivity index (χ1n) is 9.46. The highest BCUT2D eigenvalue weighted by Gasteiger charge is 2.27. The maximum absolute atomic E-state index is 12.7. The Bertz CT molecular complexity index is 1010. The Balaban J connectivity index is 1.81. The maximum atomic E-state index is 12.7. The molecule has 1 N–H and O–H groups in total. The molecule has 2 aromatic carbocycles. The first-order chi connectivity index (χ1) is 14.4. The number of nitrogens with one attached hydrogen (secondary N) is 1. The Hall–Kier alpha value is -3.75. The van der Waals surface area contributed by atoms with Gasteiger partial charge in [0.05, 0.1) is 12.0 Å². The van der Waals surface area contributed by atoms with E-state index in [2.05, 4.69) is 15.5 Å². The van der Waals surface area contributed by atoms with Crippen LogP contribution in [0.5, 0.6) is 5.75 Å². The molecule has 0 spiro atoms. The van der Waals surface area contributed by atoms with E-state index < -0.39 is 11.0 Å². The van der Waals surface area contributed by atoms with E-state index >= 15 is 0 Å². The molecule has 0 saturated carbocycles. The Morgan fingerprint density at radius 2 is 1.87 bits per heavy atom. The number of aromatic nitrogens is 2.